The van der Waals surface area contributed by atoms with Gasteiger partial charge in [0.05, 0.1) is 5.41 Å². The third-order valence-corrected chi connectivity index (χ3v) is 3.34. The van der Waals surface area contributed by atoms with Crippen LogP contribution in [-0.4, -0.2) is 29.6 Å². The Bertz CT molecular complexity index is 197. The van der Waals surface area contributed by atoms with E-state index in [9.17, 15) is 9.90 Å². The number of aliphatic carboxylic acids is 1. The Hall–Kier alpha value is -0.220. The zero-order valence-corrected chi connectivity index (χ0v) is 10.8. The molecule has 0 heterocycles. The van der Waals surface area contributed by atoms with Gasteiger partial charge < -0.3 is 10.8 Å². The molecule has 1 unspecified atom stereocenters. The number of hydrogen-bond acceptors (Lipinski definition) is 3. The maximum Gasteiger partial charge on any atom is 0.310 e. The number of thioether (sulfide) groups is 1. The lowest BCUT2D eigenvalue weighted by Crippen LogP contribution is -2.40. The van der Waals surface area contributed by atoms with Gasteiger partial charge in [0, 0.05) is 6.54 Å². The standard InChI is InChI=1S/C11H23NO2S/c1-9(2)7-11(8-12,10(13)14)5-4-6-15-3/h9H,4-8,12H2,1-3H3,(H,13,14). The molecule has 0 rings (SSSR count). The number of carboxylic acids is 1. The maximum absolute atomic E-state index is 11.3. The van der Waals surface area contributed by atoms with Gasteiger partial charge >= 0.3 is 5.97 Å². The molecule has 3 N–H and O–H groups in total. The van der Waals surface area contributed by atoms with Gasteiger partial charge in [0.15, 0.2) is 0 Å². The van der Waals surface area contributed by atoms with Crippen LogP contribution in [0.3, 0.4) is 0 Å². The van der Waals surface area contributed by atoms with E-state index in [4.69, 9.17) is 5.73 Å². The van der Waals surface area contributed by atoms with E-state index in [1.165, 1.54) is 0 Å². The minimum atomic E-state index is -0.736. The first-order valence-electron chi connectivity index (χ1n) is 5.41. The minimum Gasteiger partial charge on any atom is -0.481 e. The Morgan fingerprint density at radius 3 is 2.47 bits per heavy atom. The molecule has 0 radical (unpaired) electrons. The molecule has 0 saturated carbocycles. The highest BCUT2D eigenvalue weighted by Gasteiger charge is 2.36. The lowest BCUT2D eigenvalue weighted by atomic mass is 9.76. The van der Waals surface area contributed by atoms with Crippen LogP contribution in [-0.2, 0) is 4.79 Å². The summed E-state index contributed by atoms with van der Waals surface area (Å²) in [5.74, 6) is 0.645. The second-order valence-electron chi connectivity index (χ2n) is 4.48. The molecule has 0 aliphatic heterocycles. The Morgan fingerprint density at radius 1 is 1.53 bits per heavy atom. The van der Waals surface area contributed by atoms with E-state index in [-0.39, 0.29) is 6.54 Å². The molecular weight excluding hydrogens is 210 g/mol. The van der Waals surface area contributed by atoms with E-state index < -0.39 is 11.4 Å². The van der Waals surface area contributed by atoms with Crippen molar-refractivity contribution in [1.82, 2.24) is 0 Å². The second-order valence-corrected chi connectivity index (χ2v) is 5.47. The summed E-state index contributed by atoms with van der Waals surface area (Å²) in [6.07, 6.45) is 4.33. The average molecular weight is 233 g/mol. The minimum absolute atomic E-state index is 0.245. The molecule has 15 heavy (non-hydrogen) atoms. The van der Waals surface area contributed by atoms with Crippen LogP contribution in [0.2, 0.25) is 0 Å². The van der Waals surface area contributed by atoms with E-state index in [0.717, 1.165) is 12.2 Å². The molecular formula is C11H23NO2S. The van der Waals surface area contributed by atoms with Gasteiger partial charge in [-0.3, -0.25) is 4.79 Å². The first kappa shape index (κ1) is 14.8. The van der Waals surface area contributed by atoms with Crippen molar-refractivity contribution < 1.29 is 9.90 Å². The molecule has 0 fully saturated rings. The highest BCUT2D eigenvalue weighted by molar-refractivity contribution is 7.98. The van der Waals surface area contributed by atoms with Gasteiger partial charge in [-0.05, 0) is 37.2 Å². The van der Waals surface area contributed by atoms with Crippen molar-refractivity contribution in [1.29, 1.82) is 0 Å². The van der Waals surface area contributed by atoms with Gasteiger partial charge in [0.25, 0.3) is 0 Å². The molecule has 0 aromatic rings. The lowest BCUT2D eigenvalue weighted by Gasteiger charge is -2.29. The van der Waals surface area contributed by atoms with E-state index in [0.29, 0.717) is 18.8 Å². The zero-order chi connectivity index (χ0) is 11.9. The first-order valence-corrected chi connectivity index (χ1v) is 6.80. The zero-order valence-electron chi connectivity index (χ0n) is 9.95. The fourth-order valence-electron chi connectivity index (χ4n) is 1.91. The number of carbonyl (C=O) groups is 1. The van der Waals surface area contributed by atoms with Crippen LogP contribution in [0.1, 0.15) is 33.1 Å². The Labute approximate surface area is 96.8 Å². The van der Waals surface area contributed by atoms with Crippen molar-refractivity contribution in [2.45, 2.75) is 33.1 Å². The molecule has 0 aromatic carbocycles. The summed E-state index contributed by atoms with van der Waals surface area (Å²) >= 11 is 1.75. The molecule has 90 valence electrons. The van der Waals surface area contributed by atoms with Gasteiger partial charge in [-0.15, -0.1) is 0 Å². The van der Waals surface area contributed by atoms with E-state index >= 15 is 0 Å². The molecule has 0 aliphatic rings. The van der Waals surface area contributed by atoms with Gasteiger partial charge in [-0.1, -0.05) is 13.8 Å². The molecule has 4 heteroatoms. The number of carboxylic acid groups (broad SMARTS) is 1. The van der Waals surface area contributed by atoms with E-state index in [2.05, 4.69) is 0 Å². The average Bonchev–Trinajstić information content (AvgIpc) is 2.15. The maximum atomic E-state index is 11.3. The second kappa shape index (κ2) is 7.12. The Morgan fingerprint density at radius 2 is 2.13 bits per heavy atom. The lowest BCUT2D eigenvalue weighted by molar-refractivity contribution is -0.150. The largest absolute Gasteiger partial charge is 0.481 e. The predicted octanol–water partition coefficient (Wildman–Crippen LogP) is 2.21. The molecule has 0 aliphatic carbocycles. The van der Waals surface area contributed by atoms with Crippen molar-refractivity contribution in [3.63, 3.8) is 0 Å². The third kappa shape index (κ3) is 4.89. The van der Waals surface area contributed by atoms with Crippen LogP contribution in [0.4, 0.5) is 0 Å². The van der Waals surface area contributed by atoms with Crippen molar-refractivity contribution in [3.8, 4) is 0 Å². The van der Waals surface area contributed by atoms with Crippen molar-refractivity contribution in [2.75, 3.05) is 18.6 Å². The van der Waals surface area contributed by atoms with Crippen molar-refractivity contribution >= 4 is 17.7 Å². The molecule has 3 nitrogen and oxygen atoms in total. The predicted molar refractivity (Wildman–Crippen MR) is 66.2 cm³/mol. The SMILES string of the molecule is CSCCCC(CN)(CC(C)C)C(=O)O. The summed E-state index contributed by atoms with van der Waals surface area (Å²) in [4.78, 5) is 11.3. The van der Waals surface area contributed by atoms with E-state index in [1.54, 1.807) is 11.8 Å². The smallest absolute Gasteiger partial charge is 0.310 e. The molecule has 0 spiro atoms. The molecule has 0 bridgehead atoms. The van der Waals surface area contributed by atoms with Crippen molar-refractivity contribution in [3.05, 3.63) is 0 Å². The van der Waals surface area contributed by atoms with Crippen LogP contribution in [0.25, 0.3) is 0 Å². The van der Waals surface area contributed by atoms with Crippen LogP contribution in [0.5, 0.6) is 0 Å². The summed E-state index contributed by atoms with van der Waals surface area (Å²) in [7, 11) is 0. The van der Waals surface area contributed by atoms with Gasteiger partial charge in [0.2, 0.25) is 0 Å². The Balaban J connectivity index is 4.44. The molecule has 0 aromatic heterocycles. The summed E-state index contributed by atoms with van der Waals surface area (Å²) in [6.45, 7) is 4.33. The quantitative estimate of drug-likeness (QED) is 0.631. The van der Waals surface area contributed by atoms with Gasteiger partial charge in [0.1, 0.15) is 0 Å². The summed E-state index contributed by atoms with van der Waals surface area (Å²) in [5, 5.41) is 9.29. The number of hydrogen-bond donors (Lipinski definition) is 2. The topological polar surface area (TPSA) is 63.3 Å². The molecule has 0 amide bonds. The van der Waals surface area contributed by atoms with Crippen LogP contribution < -0.4 is 5.73 Å². The number of rotatable bonds is 8. The summed E-state index contributed by atoms with van der Waals surface area (Å²) < 4.78 is 0. The first-order chi connectivity index (χ1) is 6.98. The highest BCUT2D eigenvalue weighted by atomic mass is 32.2. The van der Waals surface area contributed by atoms with Crippen LogP contribution in [0, 0.1) is 11.3 Å². The Kier molecular flexibility index (Phi) is 7.02. The van der Waals surface area contributed by atoms with Crippen LogP contribution in [0.15, 0.2) is 0 Å². The summed E-state index contributed by atoms with van der Waals surface area (Å²) in [5.41, 5.74) is 4.95. The van der Waals surface area contributed by atoms with Crippen molar-refractivity contribution in [2.24, 2.45) is 17.1 Å². The van der Waals surface area contributed by atoms with Gasteiger partial charge in [-0.2, -0.15) is 11.8 Å². The summed E-state index contributed by atoms with van der Waals surface area (Å²) in [6, 6.07) is 0. The van der Waals surface area contributed by atoms with Crippen LogP contribution >= 0.6 is 11.8 Å². The monoisotopic (exact) mass is 233 g/mol. The number of nitrogens with two attached hydrogens (primary N) is 1. The fraction of sp³-hybridized carbons (Fsp3) is 0.909. The molecule has 0 saturated heterocycles. The normalized spacial score (nSPS) is 15.3. The fourth-order valence-corrected chi connectivity index (χ4v) is 2.34. The highest BCUT2D eigenvalue weighted by Crippen LogP contribution is 2.31. The third-order valence-electron chi connectivity index (χ3n) is 2.65. The van der Waals surface area contributed by atoms with Gasteiger partial charge in [-0.25, -0.2) is 0 Å². The molecule has 1 atom stereocenters. The van der Waals surface area contributed by atoms with E-state index in [1.807, 2.05) is 20.1 Å².